The van der Waals surface area contributed by atoms with Crippen LogP contribution in [0.4, 0.5) is 0 Å². The van der Waals surface area contributed by atoms with Crippen LogP contribution in [-0.2, 0) is 9.47 Å². The second-order valence-electron chi connectivity index (χ2n) is 5.10. The fourth-order valence-electron chi connectivity index (χ4n) is 2.83. The molecule has 2 atom stereocenters. The lowest BCUT2D eigenvalue weighted by atomic mass is 9.82. The van der Waals surface area contributed by atoms with Gasteiger partial charge < -0.3 is 9.47 Å². The summed E-state index contributed by atoms with van der Waals surface area (Å²) < 4.78 is 11.3. The van der Waals surface area contributed by atoms with Crippen LogP contribution in [-0.4, -0.2) is 36.2 Å². The smallest absolute Gasteiger partial charge is 0.184 e. The Balaban J connectivity index is 1.74. The van der Waals surface area contributed by atoms with Gasteiger partial charge >= 0.3 is 0 Å². The Morgan fingerprint density at radius 2 is 2.33 bits per heavy atom. The Bertz CT molecular complexity index is 426. The first kappa shape index (κ1) is 11.8. The molecule has 3 heterocycles. The normalized spacial score (nSPS) is 31.7. The summed E-state index contributed by atoms with van der Waals surface area (Å²) in [5.74, 6) is 0.167. The van der Waals surface area contributed by atoms with Gasteiger partial charge in [0.15, 0.2) is 5.78 Å². The summed E-state index contributed by atoms with van der Waals surface area (Å²) in [6, 6.07) is 5.47. The van der Waals surface area contributed by atoms with E-state index >= 15 is 0 Å². The lowest BCUT2D eigenvalue weighted by Crippen LogP contribution is -2.42. The van der Waals surface area contributed by atoms with Crippen LogP contribution in [0.1, 0.15) is 29.8 Å². The van der Waals surface area contributed by atoms with Crippen molar-refractivity contribution in [3.8, 4) is 0 Å². The molecule has 3 rings (SSSR count). The maximum atomic E-state index is 12.4. The van der Waals surface area contributed by atoms with Crippen molar-refractivity contribution >= 4 is 5.78 Å². The van der Waals surface area contributed by atoms with Crippen LogP contribution in [0.5, 0.6) is 0 Å². The summed E-state index contributed by atoms with van der Waals surface area (Å²) in [6.45, 7) is 2.01. The number of carbonyl (C=O) groups is 1. The monoisotopic (exact) mass is 247 g/mol. The van der Waals surface area contributed by atoms with Crippen LogP contribution in [0.2, 0.25) is 0 Å². The molecule has 2 unspecified atom stereocenters. The van der Waals surface area contributed by atoms with E-state index in [-0.39, 0.29) is 17.3 Å². The van der Waals surface area contributed by atoms with Gasteiger partial charge in [-0.05, 0) is 25.0 Å². The Morgan fingerprint density at radius 3 is 3.06 bits per heavy atom. The minimum absolute atomic E-state index is 0.0235. The fraction of sp³-hybridized carbons (Fsp3) is 0.571. The number of hydrogen-bond acceptors (Lipinski definition) is 4. The van der Waals surface area contributed by atoms with Crippen LogP contribution < -0.4 is 0 Å². The van der Waals surface area contributed by atoms with Crippen molar-refractivity contribution in [1.29, 1.82) is 0 Å². The molecule has 4 heteroatoms. The molecule has 1 spiro atoms. The molecule has 2 fully saturated rings. The van der Waals surface area contributed by atoms with E-state index in [1.807, 2.05) is 12.1 Å². The second kappa shape index (κ2) is 4.78. The van der Waals surface area contributed by atoms with Gasteiger partial charge in [-0.15, -0.1) is 0 Å². The van der Waals surface area contributed by atoms with Crippen LogP contribution in [0.25, 0.3) is 0 Å². The molecular formula is C14H17NO3. The van der Waals surface area contributed by atoms with Crippen molar-refractivity contribution in [3.05, 3.63) is 30.1 Å². The highest BCUT2D eigenvalue weighted by atomic mass is 16.6. The Morgan fingerprint density at radius 1 is 1.39 bits per heavy atom. The van der Waals surface area contributed by atoms with E-state index in [0.29, 0.717) is 18.9 Å². The molecule has 0 N–H and O–H groups in total. The maximum Gasteiger partial charge on any atom is 0.184 e. The summed E-state index contributed by atoms with van der Waals surface area (Å²) in [4.78, 5) is 16.5. The number of ketones is 1. The van der Waals surface area contributed by atoms with E-state index in [1.165, 1.54) is 0 Å². The highest BCUT2D eigenvalue weighted by Gasteiger charge is 2.43. The molecular weight excluding hydrogens is 230 g/mol. The fourth-order valence-corrected chi connectivity index (χ4v) is 2.83. The zero-order valence-corrected chi connectivity index (χ0v) is 10.3. The first-order valence-corrected chi connectivity index (χ1v) is 6.46. The molecule has 0 saturated carbocycles. The SMILES string of the molecule is O=C(c1ccccn1)C1CCOC2(CCOC2)C1. The van der Waals surface area contributed by atoms with E-state index < -0.39 is 0 Å². The average Bonchev–Trinajstić information content (AvgIpc) is 2.87. The molecule has 0 aromatic carbocycles. The van der Waals surface area contributed by atoms with Gasteiger partial charge in [0.1, 0.15) is 5.69 Å². The molecule has 0 bridgehead atoms. The maximum absolute atomic E-state index is 12.4. The number of hydrogen-bond donors (Lipinski definition) is 0. The quantitative estimate of drug-likeness (QED) is 0.748. The summed E-state index contributed by atoms with van der Waals surface area (Å²) in [6.07, 6.45) is 4.12. The molecule has 1 aromatic rings. The predicted molar refractivity (Wildman–Crippen MR) is 65.4 cm³/mol. The van der Waals surface area contributed by atoms with Gasteiger partial charge in [0.2, 0.25) is 0 Å². The summed E-state index contributed by atoms with van der Waals surface area (Å²) in [7, 11) is 0. The second-order valence-corrected chi connectivity index (χ2v) is 5.10. The van der Waals surface area contributed by atoms with Crippen molar-refractivity contribution in [3.63, 3.8) is 0 Å². The third-order valence-corrected chi connectivity index (χ3v) is 3.85. The lowest BCUT2D eigenvalue weighted by Gasteiger charge is -2.36. The minimum atomic E-state index is -0.215. The number of carbonyl (C=O) groups excluding carboxylic acids is 1. The molecule has 0 amide bonds. The van der Waals surface area contributed by atoms with E-state index in [1.54, 1.807) is 12.3 Å². The highest BCUT2D eigenvalue weighted by molar-refractivity contribution is 5.96. The molecule has 2 saturated heterocycles. The summed E-state index contributed by atoms with van der Waals surface area (Å²) in [5, 5.41) is 0. The summed E-state index contributed by atoms with van der Waals surface area (Å²) in [5.41, 5.74) is 0.353. The molecule has 96 valence electrons. The Hall–Kier alpha value is -1.26. The molecule has 18 heavy (non-hydrogen) atoms. The van der Waals surface area contributed by atoms with Gasteiger partial charge in [0.05, 0.1) is 12.2 Å². The van der Waals surface area contributed by atoms with Crippen LogP contribution >= 0.6 is 0 Å². The summed E-state index contributed by atoms with van der Waals surface area (Å²) >= 11 is 0. The third-order valence-electron chi connectivity index (χ3n) is 3.85. The van der Waals surface area contributed by atoms with Gasteiger partial charge in [-0.25, -0.2) is 0 Å². The molecule has 1 aromatic heterocycles. The van der Waals surface area contributed by atoms with E-state index in [2.05, 4.69) is 4.98 Å². The van der Waals surface area contributed by atoms with Gasteiger partial charge in [0.25, 0.3) is 0 Å². The zero-order valence-electron chi connectivity index (χ0n) is 10.3. The third kappa shape index (κ3) is 2.18. The van der Waals surface area contributed by atoms with Crippen LogP contribution in [0.15, 0.2) is 24.4 Å². The van der Waals surface area contributed by atoms with Crippen molar-refractivity contribution < 1.29 is 14.3 Å². The average molecular weight is 247 g/mol. The number of Topliss-reactive ketones (excluding diaryl/α,β-unsaturated/α-hetero) is 1. The zero-order chi connectivity index (χ0) is 12.4. The highest BCUT2D eigenvalue weighted by Crippen LogP contribution is 2.36. The first-order chi connectivity index (χ1) is 8.79. The standard InChI is InChI=1S/C14H17NO3/c16-13(12-3-1-2-6-15-12)11-4-7-18-14(9-11)5-8-17-10-14/h1-3,6,11H,4-5,7-10H2. The molecule has 0 radical (unpaired) electrons. The number of rotatable bonds is 2. The van der Waals surface area contributed by atoms with Gasteiger partial charge in [-0.3, -0.25) is 9.78 Å². The van der Waals surface area contributed by atoms with Gasteiger partial charge in [0, 0.05) is 31.7 Å². The van der Waals surface area contributed by atoms with Crippen LogP contribution in [0.3, 0.4) is 0 Å². The number of nitrogens with zero attached hydrogens (tertiary/aromatic N) is 1. The van der Waals surface area contributed by atoms with E-state index in [0.717, 1.165) is 25.9 Å². The van der Waals surface area contributed by atoms with Crippen molar-refractivity contribution in [2.24, 2.45) is 5.92 Å². The molecule has 2 aliphatic heterocycles. The van der Waals surface area contributed by atoms with Crippen LogP contribution in [0, 0.1) is 5.92 Å². The molecule has 4 nitrogen and oxygen atoms in total. The number of ether oxygens (including phenoxy) is 2. The van der Waals surface area contributed by atoms with E-state index in [4.69, 9.17) is 9.47 Å². The Labute approximate surface area is 106 Å². The number of aromatic nitrogens is 1. The largest absolute Gasteiger partial charge is 0.378 e. The van der Waals surface area contributed by atoms with Gasteiger partial charge in [-0.1, -0.05) is 6.07 Å². The Kier molecular flexibility index (Phi) is 3.14. The van der Waals surface area contributed by atoms with E-state index in [9.17, 15) is 4.79 Å². The minimum Gasteiger partial charge on any atom is -0.378 e. The molecule has 2 aliphatic rings. The van der Waals surface area contributed by atoms with Crippen molar-refractivity contribution in [2.45, 2.75) is 24.9 Å². The van der Waals surface area contributed by atoms with Gasteiger partial charge in [-0.2, -0.15) is 0 Å². The van der Waals surface area contributed by atoms with Crippen molar-refractivity contribution in [2.75, 3.05) is 19.8 Å². The first-order valence-electron chi connectivity index (χ1n) is 6.46. The molecule has 0 aliphatic carbocycles. The topological polar surface area (TPSA) is 48.4 Å². The number of pyridine rings is 1. The van der Waals surface area contributed by atoms with Crippen molar-refractivity contribution in [1.82, 2.24) is 4.98 Å². The lowest BCUT2D eigenvalue weighted by molar-refractivity contribution is -0.0921. The predicted octanol–water partition coefficient (Wildman–Crippen LogP) is 1.85.